The monoisotopic (exact) mass is 235 g/mol. The molecule has 0 saturated heterocycles. The number of aliphatic hydroxyl groups excluding tert-OH is 1. The zero-order chi connectivity index (χ0) is 12.3. The summed E-state index contributed by atoms with van der Waals surface area (Å²) >= 11 is 0. The van der Waals surface area contributed by atoms with E-state index in [-0.39, 0.29) is 24.7 Å². The molecule has 1 aromatic rings. The van der Waals surface area contributed by atoms with Gasteiger partial charge in [0.15, 0.2) is 0 Å². The summed E-state index contributed by atoms with van der Waals surface area (Å²) in [7, 11) is 0. The van der Waals surface area contributed by atoms with E-state index in [0.717, 1.165) is 6.20 Å². The molecule has 0 bridgehead atoms. The van der Waals surface area contributed by atoms with Gasteiger partial charge in [0.05, 0.1) is 12.2 Å². The molecule has 1 N–H and O–H groups in total. The summed E-state index contributed by atoms with van der Waals surface area (Å²) in [6.07, 6.45) is -3.66. The van der Waals surface area contributed by atoms with Crippen LogP contribution in [0, 0.1) is 13.8 Å². The van der Waals surface area contributed by atoms with Crippen molar-refractivity contribution in [3.63, 3.8) is 0 Å². The van der Waals surface area contributed by atoms with E-state index in [1.165, 1.54) is 13.8 Å². The predicted octanol–water partition coefficient (Wildman–Crippen LogP) is 2.09. The second-order valence-electron chi connectivity index (χ2n) is 3.30. The summed E-state index contributed by atoms with van der Waals surface area (Å²) in [5.41, 5.74) is -0.333. The second-order valence-corrected chi connectivity index (χ2v) is 3.30. The van der Waals surface area contributed by atoms with Gasteiger partial charge in [-0.2, -0.15) is 13.2 Å². The van der Waals surface area contributed by atoms with Gasteiger partial charge in [0.2, 0.25) is 5.88 Å². The van der Waals surface area contributed by atoms with Crippen LogP contribution in [-0.4, -0.2) is 23.3 Å². The van der Waals surface area contributed by atoms with Crippen molar-refractivity contribution in [2.24, 2.45) is 0 Å². The lowest BCUT2D eigenvalue weighted by molar-refractivity contribution is -0.138. The maximum Gasteiger partial charge on any atom is 0.418 e. The molecule has 0 spiro atoms. The van der Waals surface area contributed by atoms with E-state index in [1.54, 1.807) is 0 Å². The molecule has 0 aromatic carbocycles. The Labute approximate surface area is 90.9 Å². The summed E-state index contributed by atoms with van der Waals surface area (Å²) in [5, 5.41) is 8.54. The highest BCUT2D eigenvalue weighted by molar-refractivity contribution is 5.39. The summed E-state index contributed by atoms with van der Waals surface area (Å²) < 4.78 is 42.5. The van der Waals surface area contributed by atoms with Gasteiger partial charge in [0.1, 0.15) is 6.61 Å². The van der Waals surface area contributed by atoms with Crippen molar-refractivity contribution >= 4 is 0 Å². The number of hydrogen-bond acceptors (Lipinski definition) is 3. The van der Waals surface area contributed by atoms with Gasteiger partial charge >= 0.3 is 6.18 Å². The zero-order valence-corrected chi connectivity index (χ0v) is 8.93. The van der Waals surface area contributed by atoms with E-state index in [4.69, 9.17) is 9.84 Å². The van der Waals surface area contributed by atoms with E-state index >= 15 is 0 Å². The van der Waals surface area contributed by atoms with Crippen LogP contribution < -0.4 is 4.74 Å². The number of aromatic nitrogens is 1. The van der Waals surface area contributed by atoms with Gasteiger partial charge in [0, 0.05) is 11.8 Å². The molecule has 0 fully saturated rings. The Morgan fingerprint density at radius 2 is 1.94 bits per heavy atom. The Bertz CT molecular complexity index is 377. The number of hydrogen-bond donors (Lipinski definition) is 1. The van der Waals surface area contributed by atoms with Crippen LogP contribution in [0.2, 0.25) is 0 Å². The molecule has 0 radical (unpaired) electrons. The molecule has 1 aromatic heterocycles. The summed E-state index contributed by atoms with van der Waals surface area (Å²) in [5.74, 6) is 0.125. The third-order valence-corrected chi connectivity index (χ3v) is 2.23. The standard InChI is InChI=1S/C10H12F3NO2/c1-6-7(2)9(16-4-3-15)14-5-8(6)10(11,12)13/h5,15H,3-4H2,1-2H3. The largest absolute Gasteiger partial charge is 0.475 e. The number of nitrogens with zero attached hydrogens (tertiary/aromatic N) is 1. The molecule has 0 aliphatic heterocycles. The van der Waals surface area contributed by atoms with Crippen molar-refractivity contribution in [2.75, 3.05) is 13.2 Å². The number of pyridine rings is 1. The molecule has 90 valence electrons. The third-order valence-electron chi connectivity index (χ3n) is 2.23. The molecule has 0 aliphatic carbocycles. The van der Waals surface area contributed by atoms with Crippen LogP contribution in [0.1, 0.15) is 16.7 Å². The maximum atomic E-state index is 12.5. The van der Waals surface area contributed by atoms with Gasteiger partial charge in [0.25, 0.3) is 0 Å². The SMILES string of the molecule is Cc1c(C(F)(F)F)cnc(OCCO)c1C. The van der Waals surface area contributed by atoms with Crippen LogP contribution in [0.4, 0.5) is 13.2 Å². The molecule has 0 unspecified atom stereocenters. The van der Waals surface area contributed by atoms with Crippen LogP contribution in [-0.2, 0) is 6.18 Å². The van der Waals surface area contributed by atoms with Gasteiger partial charge in [-0.1, -0.05) is 0 Å². The minimum atomic E-state index is -4.41. The average molecular weight is 235 g/mol. The molecule has 0 aliphatic rings. The average Bonchev–Trinajstić information content (AvgIpc) is 2.18. The number of halogens is 3. The highest BCUT2D eigenvalue weighted by Crippen LogP contribution is 2.34. The van der Waals surface area contributed by atoms with Crippen LogP contribution in [0.3, 0.4) is 0 Å². The number of aliphatic hydroxyl groups is 1. The van der Waals surface area contributed by atoms with Gasteiger partial charge in [-0.3, -0.25) is 0 Å². The van der Waals surface area contributed by atoms with Crippen molar-refractivity contribution in [3.8, 4) is 5.88 Å². The molecule has 3 nitrogen and oxygen atoms in total. The highest BCUT2D eigenvalue weighted by atomic mass is 19.4. The fourth-order valence-corrected chi connectivity index (χ4v) is 1.25. The maximum absolute atomic E-state index is 12.5. The van der Waals surface area contributed by atoms with E-state index < -0.39 is 11.7 Å². The van der Waals surface area contributed by atoms with Crippen molar-refractivity contribution in [3.05, 3.63) is 22.9 Å². The summed E-state index contributed by atoms with van der Waals surface area (Å²) in [4.78, 5) is 3.59. The van der Waals surface area contributed by atoms with Gasteiger partial charge in [-0.15, -0.1) is 0 Å². The Kier molecular flexibility index (Phi) is 3.74. The van der Waals surface area contributed by atoms with Gasteiger partial charge in [-0.05, 0) is 19.4 Å². The van der Waals surface area contributed by atoms with Crippen LogP contribution >= 0.6 is 0 Å². The summed E-state index contributed by atoms with van der Waals surface area (Å²) in [6, 6.07) is 0. The minimum absolute atomic E-state index is 0.0125. The van der Waals surface area contributed by atoms with E-state index in [9.17, 15) is 13.2 Å². The molecular formula is C10H12F3NO2. The van der Waals surface area contributed by atoms with E-state index in [0.29, 0.717) is 5.56 Å². The Morgan fingerprint density at radius 1 is 1.31 bits per heavy atom. The number of rotatable bonds is 3. The molecule has 0 atom stereocenters. The molecule has 6 heteroatoms. The van der Waals surface area contributed by atoms with Gasteiger partial charge in [-0.25, -0.2) is 4.98 Å². The van der Waals surface area contributed by atoms with E-state index in [2.05, 4.69) is 4.98 Å². The first kappa shape index (κ1) is 12.8. The minimum Gasteiger partial charge on any atom is -0.475 e. The normalized spacial score (nSPS) is 11.6. The quantitative estimate of drug-likeness (QED) is 0.872. The smallest absolute Gasteiger partial charge is 0.418 e. The zero-order valence-electron chi connectivity index (χ0n) is 8.93. The Hall–Kier alpha value is -1.30. The first-order valence-corrected chi connectivity index (χ1v) is 4.65. The van der Waals surface area contributed by atoms with E-state index in [1.807, 2.05) is 0 Å². The fourth-order valence-electron chi connectivity index (χ4n) is 1.25. The Balaban J connectivity index is 3.08. The molecule has 16 heavy (non-hydrogen) atoms. The lowest BCUT2D eigenvalue weighted by atomic mass is 10.1. The molecule has 1 heterocycles. The Morgan fingerprint density at radius 3 is 2.44 bits per heavy atom. The molecule has 0 saturated carbocycles. The summed E-state index contributed by atoms with van der Waals surface area (Å²) in [6.45, 7) is 2.68. The lowest BCUT2D eigenvalue weighted by Gasteiger charge is -2.14. The van der Waals surface area contributed by atoms with Crippen molar-refractivity contribution in [1.82, 2.24) is 4.98 Å². The van der Waals surface area contributed by atoms with Gasteiger partial charge < -0.3 is 9.84 Å². The van der Waals surface area contributed by atoms with Crippen LogP contribution in [0.15, 0.2) is 6.20 Å². The van der Waals surface area contributed by atoms with Crippen LogP contribution in [0.5, 0.6) is 5.88 Å². The van der Waals surface area contributed by atoms with Crippen molar-refractivity contribution in [1.29, 1.82) is 0 Å². The molecule has 0 amide bonds. The second kappa shape index (κ2) is 4.69. The highest BCUT2D eigenvalue weighted by Gasteiger charge is 2.33. The van der Waals surface area contributed by atoms with Crippen LogP contribution in [0.25, 0.3) is 0 Å². The predicted molar refractivity (Wildman–Crippen MR) is 51.3 cm³/mol. The first-order valence-electron chi connectivity index (χ1n) is 4.65. The topological polar surface area (TPSA) is 42.4 Å². The number of ether oxygens (including phenoxy) is 1. The third kappa shape index (κ3) is 2.63. The van der Waals surface area contributed by atoms with Crippen molar-refractivity contribution < 1.29 is 23.0 Å². The lowest BCUT2D eigenvalue weighted by Crippen LogP contribution is -2.12. The van der Waals surface area contributed by atoms with Crippen molar-refractivity contribution in [2.45, 2.75) is 20.0 Å². The molecular weight excluding hydrogens is 223 g/mol. The molecule has 1 rings (SSSR count). The number of alkyl halides is 3. The first-order chi connectivity index (χ1) is 7.38. The fraction of sp³-hybridized carbons (Fsp3) is 0.500.